The molecule has 8 heteroatoms. The third-order valence-electron chi connectivity index (χ3n) is 6.94. The van der Waals surface area contributed by atoms with E-state index in [-0.39, 0.29) is 11.2 Å². The molecule has 2 N–H and O–H groups in total. The van der Waals surface area contributed by atoms with Gasteiger partial charge in [-0.2, -0.15) is 11.8 Å². The van der Waals surface area contributed by atoms with Crippen LogP contribution in [0.1, 0.15) is 59.1 Å². The van der Waals surface area contributed by atoms with E-state index in [9.17, 15) is 14.7 Å². The lowest BCUT2D eigenvalue weighted by atomic mass is 9.99. The van der Waals surface area contributed by atoms with Gasteiger partial charge in [0.25, 0.3) is 5.91 Å². The van der Waals surface area contributed by atoms with Gasteiger partial charge in [0.1, 0.15) is 12.4 Å². The molecule has 1 aromatic heterocycles. The van der Waals surface area contributed by atoms with Crippen molar-refractivity contribution in [3.05, 3.63) is 106 Å². The molecule has 1 heterocycles. The number of aryl methyl sites for hydroxylation is 1. The number of nitrogens with zero attached hydrogens (tertiary/aromatic N) is 1. The number of hydrogen-bond acceptors (Lipinski definition) is 5. The van der Waals surface area contributed by atoms with Crippen molar-refractivity contribution >= 4 is 46.1 Å². The number of amides is 1. The van der Waals surface area contributed by atoms with Gasteiger partial charge in [0.2, 0.25) is 0 Å². The van der Waals surface area contributed by atoms with E-state index in [1.807, 2.05) is 86.6 Å². The van der Waals surface area contributed by atoms with Gasteiger partial charge in [0, 0.05) is 33.5 Å². The van der Waals surface area contributed by atoms with Crippen LogP contribution in [0.2, 0.25) is 5.02 Å². The van der Waals surface area contributed by atoms with Gasteiger partial charge in [-0.3, -0.25) is 9.59 Å². The van der Waals surface area contributed by atoms with Gasteiger partial charge >= 0.3 is 5.97 Å². The number of aromatic nitrogens is 1. The van der Waals surface area contributed by atoms with E-state index in [0.29, 0.717) is 48.1 Å². The highest BCUT2D eigenvalue weighted by atomic mass is 35.5. The first-order valence-electron chi connectivity index (χ1n) is 13.9. The summed E-state index contributed by atoms with van der Waals surface area (Å²) in [5, 5.41) is 14.2. The fourth-order valence-electron chi connectivity index (χ4n) is 4.62. The number of carbonyl (C=O) groups is 2. The van der Waals surface area contributed by atoms with E-state index in [0.717, 1.165) is 34.1 Å². The Morgan fingerprint density at radius 1 is 1.02 bits per heavy atom. The molecule has 0 aliphatic carbocycles. The second kappa shape index (κ2) is 14.9. The molecule has 0 saturated carbocycles. The summed E-state index contributed by atoms with van der Waals surface area (Å²) in [6.07, 6.45) is 2.00. The molecule has 0 fully saturated rings. The molecule has 214 valence electrons. The van der Waals surface area contributed by atoms with Crippen molar-refractivity contribution in [2.45, 2.75) is 45.0 Å². The van der Waals surface area contributed by atoms with E-state index >= 15 is 0 Å². The Morgan fingerprint density at radius 2 is 1.83 bits per heavy atom. The number of nitrogens with one attached hydrogen (secondary N) is 1. The Morgan fingerprint density at radius 3 is 2.61 bits per heavy atom. The second-order valence-electron chi connectivity index (χ2n) is 9.82. The molecule has 0 radical (unpaired) electrons. The first-order chi connectivity index (χ1) is 19.9. The number of carbonyl (C=O) groups excluding carboxylic acids is 1. The van der Waals surface area contributed by atoms with Crippen LogP contribution in [0.3, 0.4) is 0 Å². The number of benzene rings is 3. The summed E-state index contributed by atoms with van der Waals surface area (Å²) in [4.78, 5) is 29.0. The monoisotopic (exact) mass is 590 g/mol. The summed E-state index contributed by atoms with van der Waals surface area (Å²) in [7, 11) is 0. The van der Waals surface area contributed by atoms with E-state index in [2.05, 4.69) is 16.4 Å². The minimum absolute atomic E-state index is 0.0233. The molecule has 0 aliphatic heterocycles. The summed E-state index contributed by atoms with van der Waals surface area (Å²) in [5.41, 5.74) is 4.33. The van der Waals surface area contributed by atoms with Gasteiger partial charge in [-0.25, -0.2) is 4.98 Å². The van der Waals surface area contributed by atoms with Crippen LogP contribution in [0.4, 0.5) is 0 Å². The highest BCUT2D eigenvalue weighted by Crippen LogP contribution is 2.37. The zero-order valence-electron chi connectivity index (χ0n) is 23.3. The molecule has 0 spiro atoms. The molecule has 4 rings (SSSR count). The molecule has 2 atom stereocenters. The fraction of sp³-hybridized carbons (Fsp3) is 0.303. The maximum atomic E-state index is 12.6. The number of hydrogen-bond donors (Lipinski definition) is 2. The van der Waals surface area contributed by atoms with Crippen LogP contribution in [0.5, 0.6) is 5.75 Å². The van der Waals surface area contributed by atoms with Crippen molar-refractivity contribution in [2.24, 2.45) is 5.92 Å². The fourth-order valence-corrected chi connectivity index (χ4v) is 6.25. The van der Waals surface area contributed by atoms with Gasteiger partial charge in [-0.15, -0.1) is 0 Å². The number of fused-ring (bicyclic) bond motifs is 1. The Hall–Kier alpha value is -3.55. The third kappa shape index (κ3) is 8.47. The minimum atomic E-state index is -0.776. The molecular weight excluding hydrogens is 556 g/mol. The van der Waals surface area contributed by atoms with E-state index in [4.69, 9.17) is 16.3 Å². The van der Waals surface area contributed by atoms with Crippen LogP contribution < -0.4 is 10.1 Å². The summed E-state index contributed by atoms with van der Waals surface area (Å²) < 4.78 is 6.14. The average Bonchev–Trinajstić information content (AvgIpc) is 2.98. The van der Waals surface area contributed by atoms with Gasteiger partial charge in [-0.05, 0) is 73.7 Å². The minimum Gasteiger partial charge on any atom is -0.487 e. The van der Waals surface area contributed by atoms with Crippen LogP contribution in [-0.2, 0) is 17.8 Å². The number of pyridine rings is 1. The molecule has 3 aromatic carbocycles. The Bertz CT molecular complexity index is 1500. The second-order valence-corrected chi connectivity index (χ2v) is 11.5. The van der Waals surface area contributed by atoms with Crippen LogP contribution in [0, 0.1) is 5.92 Å². The lowest BCUT2D eigenvalue weighted by Gasteiger charge is -2.21. The zero-order chi connectivity index (χ0) is 29.2. The predicted molar refractivity (Wildman–Crippen MR) is 167 cm³/mol. The number of aliphatic carboxylic acids is 1. The van der Waals surface area contributed by atoms with Gasteiger partial charge in [0.05, 0.1) is 17.1 Å². The summed E-state index contributed by atoms with van der Waals surface area (Å²) in [5.74, 6) is -0.0553. The molecule has 41 heavy (non-hydrogen) atoms. The van der Waals surface area contributed by atoms with Crippen molar-refractivity contribution < 1.29 is 19.4 Å². The van der Waals surface area contributed by atoms with Crippen molar-refractivity contribution in [1.29, 1.82) is 0 Å². The molecular formula is C33H35ClN2O4S. The molecule has 1 amide bonds. The van der Waals surface area contributed by atoms with E-state index < -0.39 is 11.9 Å². The number of thioether (sulfide) groups is 1. The Balaban J connectivity index is 1.51. The number of ether oxygens (including phenoxy) is 1. The van der Waals surface area contributed by atoms with Crippen LogP contribution >= 0.6 is 23.4 Å². The van der Waals surface area contributed by atoms with Crippen molar-refractivity contribution in [3.63, 3.8) is 0 Å². The standard InChI is InChI=1S/C33H35ClN2O4S/c1-3-22(33(38)39)21-41-31(17-14-23-8-5-6-11-29(23)32(37)35-4-2)25-9-7-10-28(18-25)40-20-27-16-13-24-12-15-26(34)19-30(24)36-27/h5-13,15-16,18-19,22,31H,3-4,14,17,20-21H2,1-2H3,(H,35,37)(H,38,39). The van der Waals surface area contributed by atoms with E-state index in [1.54, 1.807) is 11.8 Å². The number of carboxylic acid groups (broad SMARTS) is 1. The molecule has 0 saturated heterocycles. The Labute approximate surface area is 250 Å². The highest BCUT2D eigenvalue weighted by Gasteiger charge is 2.21. The summed E-state index contributed by atoms with van der Waals surface area (Å²) in [6, 6.07) is 25.2. The van der Waals surface area contributed by atoms with Gasteiger partial charge in [-0.1, -0.05) is 61.0 Å². The van der Waals surface area contributed by atoms with Crippen molar-refractivity contribution in [3.8, 4) is 5.75 Å². The van der Waals surface area contributed by atoms with Crippen LogP contribution in [0.25, 0.3) is 10.9 Å². The maximum absolute atomic E-state index is 12.6. The van der Waals surface area contributed by atoms with Gasteiger partial charge < -0.3 is 15.2 Å². The molecule has 4 aromatic rings. The largest absolute Gasteiger partial charge is 0.487 e. The normalized spacial score (nSPS) is 12.6. The topological polar surface area (TPSA) is 88.5 Å². The maximum Gasteiger partial charge on any atom is 0.307 e. The first-order valence-corrected chi connectivity index (χ1v) is 15.3. The summed E-state index contributed by atoms with van der Waals surface area (Å²) >= 11 is 7.78. The lowest BCUT2D eigenvalue weighted by molar-refractivity contribution is -0.140. The SMILES string of the molecule is CCNC(=O)c1ccccc1CCC(SCC(CC)C(=O)O)c1cccc(OCc2ccc3ccc(Cl)cc3n2)c1. The predicted octanol–water partition coefficient (Wildman–Crippen LogP) is 7.73. The van der Waals surface area contributed by atoms with Gasteiger partial charge in [0.15, 0.2) is 0 Å². The van der Waals surface area contributed by atoms with Crippen LogP contribution in [-0.4, -0.2) is 34.3 Å². The molecule has 6 nitrogen and oxygen atoms in total. The van der Waals surface area contributed by atoms with Crippen molar-refractivity contribution in [1.82, 2.24) is 10.3 Å². The highest BCUT2D eigenvalue weighted by molar-refractivity contribution is 7.99. The molecule has 0 aliphatic rings. The number of carboxylic acids is 1. The van der Waals surface area contributed by atoms with Crippen molar-refractivity contribution in [2.75, 3.05) is 12.3 Å². The Kier molecular flexibility index (Phi) is 11.0. The molecule has 0 bridgehead atoms. The third-order valence-corrected chi connectivity index (χ3v) is 8.68. The quantitative estimate of drug-likeness (QED) is 0.156. The first kappa shape index (κ1) is 30.4. The number of rotatable bonds is 14. The number of halogens is 1. The average molecular weight is 591 g/mol. The summed E-state index contributed by atoms with van der Waals surface area (Å²) in [6.45, 7) is 4.68. The van der Waals surface area contributed by atoms with Crippen LogP contribution in [0.15, 0.2) is 78.9 Å². The zero-order valence-corrected chi connectivity index (χ0v) is 24.9. The molecule has 2 unspecified atom stereocenters. The smallest absolute Gasteiger partial charge is 0.307 e. The lowest BCUT2D eigenvalue weighted by Crippen LogP contribution is -2.24. The van der Waals surface area contributed by atoms with E-state index in [1.165, 1.54) is 0 Å².